The van der Waals surface area contributed by atoms with Gasteiger partial charge in [-0.25, -0.2) is 4.79 Å². The van der Waals surface area contributed by atoms with E-state index in [0.717, 1.165) is 5.56 Å². The quantitative estimate of drug-likeness (QED) is 0.0684. The maximum absolute atomic E-state index is 13.5. The molecule has 0 aromatic heterocycles. The predicted molar refractivity (Wildman–Crippen MR) is 185 cm³/mol. The molecule has 0 fully saturated rings. The number of carboxylic acid groups (broad SMARTS) is 1. The van der Waals surface area contributed by atoms with E-state index in [4.69, 9.17) is 11.5 Å². The molecule has 0 unspecified atom stereocenters. The summed E-state index contributed by atoms with van der Waals surface area (Å²) in [7, 11) is 0. The maximum Gasteiger partial charge on any atom is 0.326 e. The second kappa shape index (κ2) is 22.1. The van der Waals surface area contributed by atoms with Crippen LogP contribution in [0.15, 0.2) is 54.6 Å². The first-order valence-electron chi connectivity index (χ1n) is 15.9. The van der Waals surface area contributed by atoms with Gasteiger partial charge in [0.25, 0.3) is 0 Å². The number of aliphatic carboxylic acids is 1. The molecule has 0 radical (unpaired) electrons. The van der Waals surface area contributed by atoms with Crippen molar-refractivity contribution in [1.29, 1.82) is 0 Å². The van der Waals surface area contributed by atoms with Crippen LogP contribution in [0.2, 0.25) is 0 Å². The monoisotopic (exact) mass is 701 g/mol. The Morgan fingerprint density at radius 1 is 0.714 bits per heavy atom. The van der Waals surface area contributed by atoms with E-state index >= 15 is 0 Å². The minimum atomic E-state index is -1.20. The van der Waals surface area contributed by atoms with Crippen molar-refractivity contribution in [1.82, 2.24) is 26.6 Å². The fraction of sp³-hybridized carbons (Fsp3) is 0.455. The van der Waals surface area contributed by atoms with Gasteiger partial charge in [0.05, 0.1) is 19.1 Å². The van der Waals surface area contributed by atoms with Crippen molar-refractivity contribution in [3.05, 3.63) is 65.7 Å². The number of benzene rings is 2. The van der Waals surface area contributed by atoms with Gasteiger partial charge in [-0.3, -0.25) is 24.0 Å². The Kier molecular flexibility index (Phi) is 18.2. The zero-order valence-electron chi connectivity index (χ0n) is 27.5. The van der Waals surface area contributed by atoms with Crippen LogP contribution in [0, 0.1) is 0 Å². The number of thioether (sulfide) groups is 1. The normalized spacial score (nSPS) is 13.2. The van der Waals surface area contributed by atoms with Crippen LogP contribution in [-0.2, 0) is 41.6 Å². The summed E-state index contributed by atoms with van der Waals surface area (Å²) in [5.74, 6) is -3.92. The molecule has 0 aliphatic heterocycles. The number of nitrogens with one attached hydrogen (secondary N) is 5. The Bertz CT molecular complexity index is 1380. The van der Waals surface area contributed by atoms with Gasteiger partial charge >= 0.3 is 5.97 Å². The molecule has 0 aliphatic rings. The summed E-state index contributed by atoms with van der Waals surface area (Å²) in [4.78, 5) is 76.0. The van der Waals surface area contributed by atoms with Gasteiger partial charge in [-0.15, -0.1) is 0 Å². The molecule has 2 aromatic rings. The number of carbonyl (C=O) groups excluding carboxylic acids is 5. The van der Waals surface area contributed by atoms with Crippen molar-refractivity contribution < 1.29 is 39.0 Å². The maximum atomic E-state index is 13.5. The number of aromatic hydroxyl groups is 1. The van der Waals surface area contributed by atoms with Crippen molar-refractivity contribution in [2.24, 2.45) is 11.5 Å². The summed E-state index contributed by atoms with van der Waals surface area (Å²) < 4.78 is 0. The minimum Gasteiger partial charge on any atom is -0.508 e. The zero-order chi connectivity index (χ0) is 36.2. The van der Waals surface area contributed by atoms with Crippen LogP contribution in [0.3, 0.4) is 0 Å². The summed E-state index contributed by atoms with van der Waals surface area (Å²) >= 11 is 1.44. The van der Waals surface area contributed by atoms with E-state index in [0.29, 0.717) is 30.7 Å². The van der Waals surface area contributed by atoms with E-state index < -0.39 is 72.8 Å². The van der Waals surface area contributed by atoms with Gasteiger partial charge in [-0.1, -0.05) is 42.5 Å². The highest BCUT2D eigenvalue weighted by Crippen LogP contribution is 2.11. The Morgan fingerprint density at radius 2 is 1.33 bits per heavy atom. The number of hydrogen-bond donors (Lipinski definition) is 9. The van der Waals surface area contributed by atoms with E-state index in [9.17, 15) is 39.0 Å². The molecule has 0 heterocycles. The largest absolute Gasteiger partial charge is 0.508 e. The third-order valence-electron chi connectivity index (χ3n) is 7.34. The standard InChI is InChI=1S/C33H47N7O8S/c1-49-16-14-25(31(45)40-26(33(47)48)9-5-6-15-34)39-32(46)27(18-21-7-3-2-4-8-21)38-29(43)20-36-28(42)19-37-30(44)24(35)17-22-10-12-23(41)13-11-22/h2-4,7-8,10-13,24-27,41H,5-6,9,14-20,34-35H2,1H3,(H,36,42)(H,37,44)(H,38,43)(H,39,46)(H,40,45)(H,47,48)/t24-,25-,26-,27-/m0/s1. The van der Waals surface area contributed by atoms with Crippen LogP contribution < -0.4 is 38.1 Å². The zero-order valence-corrected chi connectivity index (χ0v) is 28.3. The average Bonchev–Trinajstić information content (AvgIpc) is 3.08. The molecule has 2 aromatic carbocycles. The van der Waals surface area contributed by atoms with Crippen LogP contribution in [-0.4, -0.2) is 102 Å². The summed E-state index contributed by atoms with van der Waals surface area (Å²) in [5, 5.41) is 31.6. The fourth-order valence-corrected chi connectivity index (χ4v) is 5.09. The van der Waals surface area contributed by atoms with Crippen LogP contribution >= 0.6 is 11.8 Å². The van der Waals surface area contributed by atoms with Gasteiger partial charge in [-0.2, -0.15) is 11.8 Å². The number of amides is 5. The number of carboxylic acids is 1. The van der Waals surface area contributed by atoms with Crippen molar-refractivity contribution >= 4 is 47.3 Å². The molecule has 4 atom stereocenters. The van der Waals surface area contributed by atoms with Crippen molar-refractivity contribution in [2.45, 2.75) is 62.7 Å². The molecule has 0 bridgehead atoms. The third-order valence-corrected chi connectivity index (χ3v) is 7.98. The van der Waals surface area contributed by atoms with Gasteiger partial charge in [0, 0.05) is 6.42 Å². The molecule has 16 heteroatoms. The van der Waals surface area contributed by atoms with Gasteiger partial charge in [0.1, 0.15) is 23.9 Å². The van der Waals surface area contributed by atoms with Gasteiger partial charge in [0.2, 0.25) is 29.5 Å². The molecule has 5 amide bonds. The molecule has 49 heavy (non-hydrogen) atoms. The number of rotatable bonds is 22. The Labute approximate surface area is 289 Å². The lowest BCUT2D eigenvalue weighted by molar-refractivity contribution is -0.142. The number of phenolic OH excluding ortho intramolecular Hbond substituents is 1. The lowest BCUT2D eigenvalue weighted by Gasteiger charge is -2.24. The van der Waals surface area contributed by atoms with E-state index in [2.05, 4.69) is 26.6 Å². The molecule has 2 rings (SSSR count). The van der Waals surface area contributed by atoms with E-state index in [1.54, 1.807) is 42.5 Å². The van der Waals surface area contributed by atoms with Gasteiger partial charge < -0.3 is 48.3 Å². The van der Waals surface area contributed by atoms with Crippen LogP contribution in [0.5, 0.6) is 5.75 Å². The number of nitrogens with two attached hydrogens (primary N) is 2. The Hall–Kier alpha value is -4.67. The third kappa shape index (κ3) is 15.9. The minimum absolute atomic E-state index is 0.0645. The first kappa shape index (κ1) is 40.5. The molecule has 0 spiro atoms. The molecule has 11 N–H and O–H groups in total. The summed E-state index contributed by atoms with van der Waals surface area (Å²) in [5.41, 5.74) is 12.9. The lowest BCUT2D eigenvalue weighted by atomic mass is 10.0. The molecule has 0 saturated carbocycles. The first-order valence-corrected chi connectivity index (χ1v) is 17.3. The summed E-state index contributed by atoms with van der Waals surface area (Å²) in [6.45, 7) is -0.565. The molecule has 15 nitrogen and oxygen atoms in total. The SMILES string of the molecule is CSCC[C@H](NC(=O)[C@H](Cc1ccccc1)NC(=O)CNC(=O)CNC(=O)[C@@H](N)Cc1ccc(O)cc1)C(=O)N[C@@H](CCCCN)C(=O)O. The number of hydrogen-bond acceptors (Lipinski definition) is 10. The number of phenols is 1. The lowest BCUT2D eigenvalue weighted by Crippen LogP contribution is -2.57. The highest BCUT2D eigenvalue weighted by molar-refractivity contribution is 7.98. The number of unbranched alkanes of at least 4 members (excludes halogenated alkanes) is 1. The highest BCUT2D eigenvalue weighted by atomic mass is 32.2. The van der Waals surface area contributed by atoms with E-state index in [1.807, 2.05) is 6.26 Å². The topological polar surface area (TPSA) is 255 Å². The summed E-state index contributed by atoms with van der Waals surface area (Å²) in [6, 6.07) is 10.7. The van der Waals surface area contributed by atoms with E-state index in [1.165, 1.54) is 23.9 Å². The van der Waals surface area contributed by atoms with Crippen LogP contribution in [0.4, 0.5) is 0 Å². The second-order valence-corrected chi connectivity index (χ2v) is 12.3. The van der Waals surface area contributed by atoms with Crippen LogP contribution in [0.25, 0.3) is 0 Å². The van der Waals surface area contributed by atoms with Crippen molar-refractivity contribution in [3.8, 4) is 5.75 Å². The van der Waals surface area contributed by atoms with E-state index in [-0.39, 0.29) is 31.4 Å². The smallest absolute Gasteiger partial charge is 0.326 e. The highest BCUT2D eigenvalue weighted by Gasteiger charge is 2.29. The molecular weight excluding hydrogens is 654 g/mol. The molecule has 0 saturated heterocycles. The average molecular weight is 702 g/mol. The van der Waals surface area contributed by atoms with Crippen LogP contribution in [0.1, 0.15) is 36.8 Å². The van der Waals surface area contributed by atoms with Gasteiger partial charge in [0.15, 0.2) is 0 Å². The summed E-state index contributed by atoms with van der Waals surface area (Å²) in [6.07, 6.45) is 3.55. The van der Waals surface area contributed by atoms with Crippen molar-refractivity contribution in [3.63, 3.8) is 0 Å². The predicted octanol–water partition coefficient (Wildman–Crippen LogP) is -0.842. The number of carbonyl (C=O) groups is 6. The Morgan fingerprint density at radius 3 is 1.96 bits per heavy atom. The Balaban J connectivity index is 2.00. The molecule has 268 valence electrons. The second-order valence-electron chi connectivity index (χ2n) is 11.3. The van der Waals surface area contributed by atoms with Gasteiger partial charge in [-0.05, 0) is 73.9 Å². The molecular formula is C33H47N7O8S. The van der Waals surface area contributed by atoms with Crippen molar-refractivity contribution in [2.75, 3.05) is 31.6 Å². The fourth-order valence-electron chi connectivity index (χ4n) is 4.62. The molecule has 0 aliphatic carbocycles. The first-order chi connectivity index (χ1) is 23.4.